The fourth-order valence-corrected chi connectivity index (χ4v) is 3.49. The molecule has 0 unspecified atom stereocenters. The number of aromatic carboxylic acids is 1. The van der Waals surface area contributed by atoms with E-state index in [1.54, 1.807) is 0 Å². The van der Waals surface area contributed by atoms with E-state index in [0.717, 1.165) is 11.3 Å². The van der Waals surface area contributed by atoms with Gasteiger partial charge in [0.15, 0.2) is 0 Å². The maximum Gasteiger partial charge on any atom is 0.314 e. The molecule has 2 heterocycles. The number of carboxylic acid groups (broad SMARTS) is 1. The molecule has 132 valence electrons. The van der Waals surface area contributed by atoms with Crippen molar-refractivity contribution in [3.63, 3.8) is 0 Å². The number of carboxylic acids is 1. The molecule has 1 aliphatic heterocycles. The molecule has 24 heavy (non-hydrogen) atoms. The Morgan fingerprint density at radius 1 is 1.33 bits per heavy atom. The summed E-state index contributed by atoms with van der Waals surface area (Å²) >= 11 is 1.07. The second-order valence-corrected chi connectivity index (χ2v) is 7.11. The summed E-state index contributed by atoms with van der Waals surface area (Å²) in [5, 5.41) is 24.9. The van der Waals surface area contributed by atoms with Crippen LogP contribution in [-0.4, -0.2) is 41.6 Å². The van der Waals surface area contributed by atoms with E-state index in [0.29, 0.717) is 23.3 Å². The van der Waals surface area contributed by atoms with Crippen LogP contribution in [0.2, 0.25) is 0 Å². The molecule has 8 nitrogen and oxygen atoms in total. The first-order valence-electron chi connectivity index (χ1n) is 7.45. The van der Waals surface area contributed by atoms with E-state index < -0.39 is 23.4 Å². The largest absolute Gasteiger partial charge is 0.545 e. The van der Waals surface area contributed by atoms with Crippen LogP contribution < -0.4 is 15.7 Å². The third-order valence-corrected chi connectivity index (χ3v) is 4.67. The molecule has 1 aliphatic rings. The fraction of sp³-hybridized carbons (Fsp3) is 0.533. The Morgan fingerprint density at radius 2 is 2.04 bits per heavy atom. The van der Waals surface area contributed by atoms with Crippen LogP contribution in [0.15, 0.2) is 0 Å². The molecule has 9 heteroatoms. The van der Waals surface area contributed by atoms with E-state index in [1.165, 1.54) is 0 Å². The quantitative estimate of drug-likeness (QED) is 0.478. The average molecular weight is 355 g/mol. The van der Waals surface area contributed by atoms with Crippen molar-refractivity contribution in [3.05, 3.63) is 16.0 Å². The Morgan fingerprint density at radius 3 is 2.67 bits per heavy atom. The van der Waals surface area contributed by atoms with E-state index in [9.17, 15) is 19.5 Å². The summed E-state index contributed by atoms with van der Waals surface area (Å²) in [6.07, 6.45) is 0.698. The van der Waals surface area contributed by atoms with Crippen LogP contribution in [0.5, 0.6) is 0 Å². The molecular formula is C15H19N2O6S-. The van der Waals surface area contributed by atoms with Gasteiger partial charge in [-0.2, -0.15) is 0 Å². The highest BCUT2D eigenvalue weighted by Gasteiger charge is 2.32. The monoisotopic (exact) mass is 355 g/mol. The van der Waals surface area contributed by atoms with Crippen molar-refractivity contribution >= 4 is 34.1 Å². The first kappa shape index (κ1) is 18.4. The normalized spacial score (nSPS) is 15.5. The minimum atomic E-state index is -1.40. The van der Waals surface area contributed by atoms with Crippen LogP contribution >= 0.6 is 11.3 Å². The molecule has 0 aliphatic carbocycles. The van der Waals surface area contributed by atoms with E-state index in [-0.39, 0.29) is 30.3 Å². The highest BCUT2D eigenvalue weighted by atomic mass is 32.1. The number of rotatable bonds is 5. The molecule has 2 amide bonds. The van der Waals surface area contributed by atoms with E-state index >= 15 is 0 Å². The molecule has 0 spiro atoms. The van der Waals surface area contributed by atoms with Gasteiger partial charge in [-0.25, -0.2) is 0 Å². The van der Waals surface area contributed by atoms with Gasteiger partial charge in [-0.1, -0.05) is 0 Å². The molecule has 0 aromatic carbocycles. The number of hydrogen-bond acceptors (Lipinski definition) is 7. The van der Waals surface area contributed by atoms with Crippen LogP contribution in [0, 0.1) is 0 Å². The highest BCUT2D eigenvalue weighted by molar-refractivity contribution is 7.17. The smallest absolute Gasteiger partial charge is 0.314 e. The lowest BCUT2D eigenvalue weighted by molar-refractivity contribution is -0.255. The summed E-state index contributed by atoms with van der Waals surface area (Å²) in [6, 6.07) is 0. The predicted molar refractivity (Wildman–Crippen MR) is 84.6 cm³/mol. The maximum atomic E-state index is 11.9. The number of anilines is 1. The lowest BCUT2D eigenvalue weighted by atomic mass is 9.93. The molecule has 0 radical (unpaired) electrons. The van der Waals surface area contributed by atoms with Gasteiger partial charge in [0.2, 0.25) is 0 Å². The van der Waals surface area contributed by atoms with Gasteiger partial charge in [-0.15, -0.1) is 11.3 Å². The number of carbonyl (C=O) groups is 3. The number of aliphatic hydroxyl groups is 1. The van der Waals surface area contributed by atoms with Crippen molar-refractivity contribution in [2.24, 2.45) is 0 Å². The summed E-state index contributed by atoms with van der Waals surface area (Å²) in [4.78, 5) is 35.8. The number of amides is 2. The van der Waals surface area contributed by atoms with Crippen molar-refractivity contribution in [3.8, 4) is 0 Å². The highest BCUT2D eigenvalue weighted by Crippen LogP contribution is 2.40. The van der Waals surface area contributed by atoms with Crippen LogP contribution in [0.25, 0.3) is 0 Å². The molecule has 2 rings (SSSR count). The summed E-state index contributed by atoms with van der Waals surface area (Å²) < 4.78 is 5.64. The van der Waals surface area contributed by atoms with Crippen LogP contribution in [0.1, 0.15) is 41.1 Å². The molecule has 0 atom stereocenters. The molecule has 3 N–H and O–H groups in total. The molecule has 0 bridgehead atoms. The first-order valence-corrected chi connectivity index (χ1v) is 8.26. The molecule has 1 aromatic heterocycles. The summed E-state index contributed by atoms with van der Waals surface area (Å²) in [5.41, 5.74) is -0.0311. The standard InChI is InChI=1S/C15H20N2O6S/c1-15(2)6-8-9(7-23-15)24-13(10(8)14(21)22)17-12(20)11(19)16-4-3-5-18/h18H,3-7H2,1-2H3,(H,16,19)(H,17,20)(H,21,22)/p-1. The van der Waals surface area contributed by atoms with Gasteiger partial charge in [-0.05, 0) is 25.8 Å². The van der Waals surface area contributed by atoms with Gasteiger partial charge >= 0.3 is 11.8 Å². The molecule has 0 saturated heterocycles. The zero-order valence-corrected chi connectivity index (χ0v) is 14.2. The second kappa shape index (κ2) is 7.29. The number of carbonyl (C=O) groups excluding carboxylic acids is 3. The number of hydrogen-bond donors (Lipinski definition) is 3. The third-order valence-electron chi connectivity index (χ3n) is 3.55. The minimum Gasteiger partial charge on any atom is -0.545 e. The fourth-order valence-electron chi connectivity index (χ4n) is 2.38. The number of ether oxygens (including phenoxy) is 1. The summed E-state index contributed by atoms with van der Waals surface area (Å²) in [6.45, 7) is 3.98. The maximum absolute atomic E-state index is 11.9. The van der Waals surface area contributed by atoms with Crippen molar-refractivity contribution in [2.75, 3.05) is 18.5 Å². The second-order valence-electron chi connectivity index (χ2n) is 6.01. The van der Waals surface area contributed by atoms with Crippen LogP contribution in [0.4, 0.5) is 5.00 Å². The predicted octanol–water partition coefficient (Wildman–Crippen LogP) is -0.600. The first-order chi connectivity index (χ1) is 11.2. The molecular weight excluding hydrogens is 336 g/mol. The molecule has 0 fully saturated rings. The number of nitrogens with one attached hydrogen (secondary N) is 2. The van der Waals surface area contributed by atoms with Crippen molar-refractivity contribution in [1.29, 1.82) is 0 Å². The topological polar surface area (TPSA) is 128 Å². The lowest BCUT2D eigenvalue weighted by Gasteiger charge is -2.30. The SMILES string of the molecule is CC1(C)Cc2c(sc(NC(=O)C(=O)NCCCO)c2C(=O)[O-])CO1. The Bertz CT molecular complexity index is 667. The Labute approximate surface area is 142 Å². The lowest BCUT2D eigenvalue weighted by Crippen LogP contribution is -2.37. The number of aliphatic hydroxyl groups excluding tert-OH is 1. The van der Waals surface area contributed by atoms with E-state index in [2.05, 4.69) is 10.6 Å². The average Bonchev–Trinajstić information content (AvgIpc) is 2.83. The molecule has 1 aromatic rings. The van der Waals surface area contributed by atoms with Crippen molar-refractivity contribution in [1.82, 2.24) is 5.32 Å². The van der Waals surface area contributed by atoms with Crippen molar-refractivity contribution in [2.45, 2.75) is 38.9 Å². The van der Waals surface area contributed by atoms with Gasteiger partial charge in [0.25, 0.3) is 0 Å². The van der Waals surface area contributed by atoms with Crippen LogP contribution in [-0.2, 0) is 27.4 Å². The van der Waals surface area contributed by atoms with Gasteiger partial charge in [0.1, 0.15) is 5.00 Å². The zero-order chi connectivity index (χ0) is 17.9. The summed E-state index contributed by atoms with van der Waals surface area (Å²) in [7, 11) is 0. The van der Waals surface area contributed by atoms with Gasteiger partial charge < -0.3 is 30.4 Å². The zero-order valence-electron chi connectivity index (χ0n) is 13.4. The van der Waals surface area contributed by atoms with Gasteiger partial charge in [-0.3, -0.25) is 9.59 Å². The van der Waals surface area contributed by atoms with Crippen molar-refractivity contribution < 1.29 is 29.3 Å². The Kier molecular flexibility index (Phi) is 5.58. The number of thiophene rings is 1. The van der Waals surface area contributed by atoms with Gasteiger partial charge in [0.05, 0.1) is 18.2 Å². The summed E-state index contributed by atoms with van der Waals surface area (Å²) in [5.74, 6) is -3.26. The van der Waals surface area contributed by atoms with E-state index in [1.807, 2.05) is 13.8 Å². The minimum absolute atomic E-state index is 0.0728. The Hall–Kier alpha value is -1.97. The van der Waals surface area contributed by atoms with Gasteiger partial charge in [0, 0.05) is 30.0 Å². The Balaban J connectivity index is 2.19. The molecule has 0 saturated carbocycles. The number of fused-ring (bicyclic) bond motifs is 1. The van der Waals surface area contributed by atoms with Crippen LogP contribution in [0.3, 0.4) is 0 Å². The van der Waals surface area contributed by atoms with E-state index in [4.69, 9.17) is 9.84 Å². The third kappa shape index (κ3) is 4.11.